The van der Waals surface area contributed by atoms with Crippen LogP contribution in [-0.2, 0) is 24.4 Å². The third-order valence-corrected chi connectivity index (χ3v) is 9.37. The van der Waals surface area contributed by atoms with Crippen LogP contribution >= 0.6 is 0 Å². The number of ether oxygens (including phenoxy) is 5. The van der Waals surface area contributed by atoms with E-state index in [-0.39, 0.29) is 11.8 Å². The number of methoxy groups -OCH3 is 2. The molecule has 2 aliphatic heterocycles. The van der Waals surface area contributed by atoms with E-state index in [1.54, 1.807) is 80.2 Å². The topological polar surface area (TPSA) is 147 Å². The molecule has 14 heteroatoms. The van der Waals surface area contributed by atoms with Crippen molar-refractivity contribution in [2.75, 3.05) is 55.6 Å². The Balaban J connectivity index is 1.29. The molecule has 7 rings (SSSR count). The van der Waals surface area contributed by atoms with Crippen LogP contribution in [0.1, 0.15) is 65.0 Å². The zero-order valence-corrected chi connectivity index (χ0v) is 30.7. The summed E-state index contributed by atoms with van der Waals surface area (Å²) in [6.45, 7) is 13.2. The highest BCUT2D eigenvalue weighted by molar-refractivity contribution is 6.23. The Labute approximate surface area is 301 Å². The molecule has 0 bridgehead atoms. The molecule has 4 aromatic rings. The standard InChI is InChI=1S/C38H44N6O8/c1-36(2,3)51-34(46)43-28-12-10-23(48-7)20-25(28)38(33(43)45)21-26(38)22-9-11-24-29(19-22)44(35(47)52-37(4,5)6)41-31(24)40-27-13-14-39-32(30(27)49-8)42-15-17-50-18-16-42/h9-14,19-20,26H,15-18,21H2,1-8H3,(H,39,40,41)/t26-,38-/m0/s1. The summed E-state index contributed by atoms with van der Waals surface area (Å²) in [4.78, 5) is 49.2. The van der Waals surface area contributed by atoms with Gasteiger partial charge in [0.2, 0.25) is 5.91 Å². The van der Waals surface area contributed by atoms with Crippen molar-refractivity contribution < 1.29 is 38.1 Å². The normalized spacial score (nSPS) is 19.8. The number of morpholine rings is 1. The summed E-state index contributed by atoms with van der Waals surface area (Å²) in [6, 6.07) is 12.7. The average Bonchev–Trinajstić information content (AvgIpc) is 3.68. The van der Waals surface area contributed by atoms with E-state index in [1.165, 1.54) is 4.68 Å². The molecule has 4 heterocycles. The third-order valence-electron chi connectivity index (χ3n) is 9.37. The van der Waals surface area contributed by atoms with Gasteiger partial charge < -0.3 is 33.9 Å². The van der Waals surface area contributed by atoms with E-state index in [1.807, 2.05) is 24.3 Å². The van der Waals surface area contributed by atoms with Gasteiger partial charge >= 0.3 is 12.2 Å². The molecular weight excluding hydrogens is 668 g/mol. The number of aromatic nitrogens is 3. The fourth-order valence-corrected chi connectivity index (χ4v) is 7.06. The Hall–Kier alpha value is -5.37. The summed E-state index contributed by atoms with van der Waals surface area (Å²) >= 11 is 0. The maximum Gasteiger partial charge on any atom is 0.435 e. The van der Waals surface area contributed by atoms with Gasteiger partial charge in [0.15, 0.2) is 17.4 Å². The molecule has 0 radical (unpaired) electrons. The number of hydrogen-bond donors (Lipinski definition) is 1. The van der Waals surface area contributed by atoms with Gasteiger partial charge in [0.25, 0.3) is 0 Å². The molecular formula is C38H44N6O8. The quantitative estimate of drug-likeness (QED) is 0.232. The summed E-state index contributed by atoms with van der Waals surface area (Å²) in [6.07, 6.45) is 0.747. The third kappa shape index (κ3) is 6.14. The van der Waals surface area contributed by atoms with Crippen LogP contribution in [0.25, 0.3) is 10.9 Å². The van der Waals surface area contributed by atoms with Crippen molar-refractivity contribution in [3.05, 3.63) is 59.8 Å². The minimum atomic E-state index is -1.02. The first kappa shape index (κ1) is 35.1. The number of carbonyl (C=O) groups is 3. The summed E-state index contributed by atoms with van der Waals surface area (Å²) in [5, 5.41) is 8.73. The molecule has 2 aromatic carbocycles. The average molecular weight is 713 g/mol. The summed E-state index contributed by atoms with van der Waals surface area (Å²) in [5.74, 6) is 1.51. The molecule has 1 aliphatic carbocycles. The fraction of sp³-hybridized carbons (Fsp3) is 0.447. The van der Waals surface area contributed by atoms with Gasteiger partial charge in [-0.15, -0.1) is 5.10 Å². The molecule has 2 amide bonds. The van der Waals surface area contributed by atoms with Gasteiger partial charge in [-0.05, 0) is 95.5 Å². The van der Waals surface area contributed by atoms with Crippen LogP contribution in [0.4, 0.5) is 32.6 Å². The molecule has 2 aromatic heterocycles. The van der Waals surface area contributed by atoms with E-state index >= 15 is 0 Å². The molecule has 1 spiro atoms. The van der Waals surface area contributed by atoms with E-state index in [2.05, 4.69) is 15.2 Å². The Morgan fingerprint density at radius 2 is 1.63 bits per heavy atom. The maximum absolute atomic E-state index is 14.3. The van der Waals surface area contributed by atoms with Crippen LogP contribution in [0.15, 0.2) is 48.7 Å². The van der Waals surface area contributed by atoms with Crippen molar-refractivity contribution in [3.8, 4) is 11.5 Å². The SMILES string of the molecule is COc1ccc2c(c1)[C@]1(C[C@H]1c1ccc3c(Nc4ccnc(N5CCOCC5)c4OC)nn(C(=O)OC(C)(C)C)c3c1)C(=O)N2C(=O)OC(C)(C)C. The van der Waals surface area contributed by atoms with Gasteiger partial charge in [0, 0.05) is 30.6 Å². The van der Waals surface area contributed by atoms with Gasteiger partial charge in [-0.2, -0.15) is 4.68 Å². The van der Waals surface area contributed by atoms with Crippen molar-refractivity contribution in [2.45, 2.75) is 70.5 Å². The Morgan fingerprint density at radius 1 is 0.923 bits per heavy atom. The Bertz CT molecular complexity index is 2080. The van der Waals surface area contributed by atoms with E-state index in [4.69, 9.17) is 28.8 Å². The highest BCUT2D eigenvalue weighted by Gasteiger charge is 2.68. The number of amides is 2. The minimum Gasteiger partial charge on any atom is -0.497 e. The first-order valence-corrected chi connectivity index (χ1v) is 17.3. The predicted octanol–water partition coefficient (Wildman–Crippen LogP) is 6.52. The number of nitrogens with one attached hydrogen (secondary N) is 1. The van der Waals surface area contributed by atoms with Gasteiger partial charge in [0.1, 0.15) is 17.0 Å². The zero-order valence-electron chi connectivity index (χ0n) is 30.7. The van der Waals surface area contributed by atoms with E-state index in [9.17, 15) is 14.4 Å². The molecule has 1 saturated carbocycles. The molecule has 14 nitrogen and oxygen atoms in total. The van der Waals surface area contributed by atoms with Crippen LogP contribution in [0.3, 0.4) is 0 Å². The van der Waals surface area contributed by atoms with Crippen molar-refractivity contribution in [1.29, 1.82) is 0 Å². The van der Waals surface area contributed by atoms with E-state index in [0.717, 1.165) is 10.5 Å². The number of nitrogens with zero attached hydrogens (tertiary/aromatic N) is 5. The van der Waals surface area contributed by atoms with Crippen molar-refractivity contribution in [1.82, 2.24) is 14.8 Å². The number of anilines is 4. The molecule has 3 aliphatic rings. The second-order valence-corrected chi connectivity index (χ2v) is 15.2. The number of carbonyl (C=O) groups excluding carboxylic acids is 3. The zero-order chi connectivity index (χ0) is 37.2. The number of rotatable bonds is 6. The number of benzene rings is 2. The summed E-state index contributed by atoms with van der Waals surface area (Å²) in [5.41, 5.74) is 0.451. The van der Waals surface area contributed by atoms with Crippen LogP contribution in [-0.4, -0.2) is 84.6 Å². The molecule has 52 heavy (non-hydrogen) atoms. The van der Waals surface area contributed by atoms with Gasteiger partial charge in [-0.25, -0.2) is 19.5 Å². The molecule has 1 saturated heterocycles. The monoisotopic (exact) mass is 712 g/mol. The highest BCUT2D eigenvalue weighted by atomic mass is 16.6. The van der Waals surface area contributed by atoms with Crippen molar-refractivity contribution in [2.24, 2.45) is 0 Å². The number of pyridine rings is 1. The van der Waals surface area contributed by atoms with E-state index < -0.39 is 28.8 Å². The lowest BCUT2D eigenvalue weighted by Crippen LogP contribution is -2.41. The second-order valence-electron chi connectivity index (χ2n) is 15.2. The number of hydrogen-bond acceptors (Lipinski definition) is 12. The predicted molar refractivity (Wildman–Crippen MR) is 194 cm³/mol. The van der Waals surface area contributed by atoms with Gasteiger partial charge in [-0.3, -0.25) is 4.79 Å². The summed E-state index contributed by atoms with van der Waals surface area (Å²) < 4.78 is 29.6. The lowest BCUT2D eigenvalue weighted by molar-refractivity contribution is -0.120. The number of imide groups is 1. The molecule has 2 fully saturated rings. The molecule has 274 valence electrons. The maximum atomic E-state index is 14.3. The largest absolute Gasteiger partial charge is 0.497 e. The van der Waals surface area contributed by atoms with Crippen LogP contribution < -0.4 is 24.6 Å². The second kappa shape index (κ2) is 12.7. The van der Waals surface area contributed by atoms with Gasteiger partial charge in [-0.1, -0.05) is 6.07 Å². The first-order chi connectivity index (χ1) is 24.6. The molecule has 0 unspecified atom stereocenters. The van der Waals surface area contributed by atoms with Crippen LogP contribution in [0, 0.1) is 0 Å². The smallest absolute Gasteiger partial charge is 0.435 e. The van der Waals surface area contributed by atoms with Gasteiger partial charge in [0.05, 0.1) is 49.7 Å². The molecule has 1 N–H and O–H groups in total. The van der Waals surface area contributed by atoms with E-state index in [0.29, 0.717) is 83.7 Å². The lowest BCUT2D eigenvalue weighted by Gasteiger charge is -2.29. The Morgan fingerprint density at radius 3 is 2.31 bits per heavy atom. The van der Waals surface area contributed by atoms with Crippen LogP contribution in [0.5, 0.6) is 11.5 Å². The van der Waals surface area contributed by atoms with Crippen molar-refractivity contribution in [3.63, 3.8) is 0 Å². The first-order valence-electron chi connectivity index (χ1n) is 17.3. The lowest BCUT2D eigenvalue weighted by atomic mass is 9.91. The Kier molecular flexibility index (Phi) is 8.55. The highest BCUT2D eigenvalue weighted by Crippen LogP contribution is 2.67. The minimum absolute atomic E-state index is 0.308. The summed E-state index contributed by atoms with van der Waals surface area (Å²) in [7, 11) is 3.15. The van der Waals surface area contributed by atoms with Crippen molar-refractivity contribution >= 4 is 52.0 Å². The van der Waals surface area contributed by atoms with Crippen LogP contribution in [0.2, 0.25) is 0 Å². The fourth-order valence-electron chi connectivity index (χ4n) is 7.06. The molecule has 2 atom stereocenters. The number of fused-ring (bicyclic) bond motifs is 3.